The Morgan fingerprint density at radius 1 is 0.927 bits per heavy atom. The number of Topliss-reactive ketones (excluding diaryl/α,β-unsaturated/α-hetero) is 1. The summed E-state index contributed by atoms with van der Waals surface area (Å²) in [5.74, 6) is -0.948. The number of nitrogens with zero attached hydrogens (tertiary/aromatic N) is 2. The molecule has 0 aliphatic carbocycles. The number of carbonyl (C=O) groups excluding carboxylic acids is 2. The molecule has 4 aromatic rings. The Balaban J connectivity index is 1.49. The van der Waals surface area contributed by atoms with Gasteiger partial charge in [-0.05, 0) is 64.9 Å². The molecule has 0 saturated carbocycles. The van der Waals surface area contributed by atoms with E-state index >= 15 is 0 Å². The summed E-state index contributed by atoms with van der Waals surface area (Å²) in [6, 6.07) is 25.8. The summed E-state index contributed by atoms with van der Waals surface area (Å²) in [4.78, 5) is 32.5. The zero-order chi connectivity index (χ0) is 29.1. The fraction of sp³-hybridized carbons (Fsp3) is 0.229. The first kappa shape index (κ1) is 27.8. The van der Waals surface area contributed by atoms with Crippen LogP contribution in [0.5, 0.6) is 5.75 Å². The van der Waals surface area contributed by atoms with Crippen molar-refractivity contribution in [2.24, 2.45) is 0 Å². The van der Waals surface area contributed by atoms with Gasteiger partial charge in [-0.1, -0.05) is 80.9 Å². The van der Waals surface area contributed by atoms with Gasteiger partial charge in [-0.25, -0.2) is 0 Å². The van der Waals surface area contributed by atoms with E-state index in [1.807, 2.05) is 55.5 Å². The van der Waals surface area contributed by atoms with Gasteiger partial charge < -0.3 is 14.7 Å². The lowest BCUT2D eigenvalue weighted by atomic mass is 9.85. The van der Waals surface area contributed by atoms with Crippen LogP contribution in [0.4, 0.5) is 0 Å². The third-order valence-corrected chi connectivity index (χ3v) is 7.32. The summed E-state index contributed by atoms with van der Waals surface area (Å²) >= 11 is 0. The second-order valence-corrected chi connectivity index (χ2v) is 11.5. The van der Waals surface area contributed by atoms with Crippen LogP contribution in [0.3, 0.4) is 0 Å². The minimum Gasteiger partial charge on any atom is -0.507 e. The van der Waals surface area contributed by atoms with E-state index in [-0.39, 0.29) is 23.3 Å². The number of aryl methyl sites for hydroxylation is 1. The highest BCUT2D eigenvalue weighted by molar-refractivity contribution is 6.46. The number of pyridine rings is 1. The SMILES string of the molecule is Cc1cccc(COc2ccc(C(O)=C3C(=O)C(=O)N(Cc4cccnc4)C3c3ccc(C(C)(C)C)cc3)cc2)c1. The van der Waals surface area contributed by atoms with Crippen LogP contribution in [0.2, 0.25) is 0 Å². The van der Waals surface area contributed by atoms with Crippen LogP contribution in [0.15, 0.2) is 103 Å². The number of likely N-dealkylation sites (tertiary alicyclic amines) is 1. The summed E-state index contributed by atoms with van der Waals surface area (Å²) in [7, 11) is 0. The minimum absolute atomic E-state index is 0.0563. The Hall–Kier alpha value is -4.71. The molecule has 1 aliphatic heterocycles. The Bertz CT molecular complexity index is 1580. The van der Waals surface area contributed by atoms with Crippen molar-refractivity contribution in [3.63, 3.8) is 0 Å². The van der Waals surface area contributed by atoms with Crippen LogP contribution in [0, 0.1) is 6.92 Å². The number of aromatic nitrogens is 1. The van der Waals surface area contributed by atoms with Gasteiger partial charge in [0.15, 0.2) is 0 Å². The van der Waals surface area contributed by atoms with E-state index < -0.39 is 17.7 Å². The lowest BCUT2D eigenvalue weighted by Crippen LogP contribution is -2.29. The third kappa shape index (κ3) is 6.07. The fourth-order valence-corrected chi connectivity index (χ4v) is 5.08. The molecular formula is C35H34N2O4. The summed E-state index contributed by atoms with van der Waals surface area (Å²) < 4.78 is 5.93. The molecule has 1 unspecified atom stereocenters. The Labute approximate surface area is 240 Å². The molecule has 1 atom stereocenters. The monoisotopic (exact) mass is 546 g/mol. The lowest BCUT2D eigenvalue weighted by Gasteiger charge is -2.26. The zero-order valence-corrected chi connectivity index (χ0v) is 23.8. The lowest BCUT2D eigenvalue weighted by molar-refractivity contribution is -0.140. The Morgan fingerprint density at radius 3 is 2.27 bits per heavy atom. The molecular weight excluding hydrogens is 512 g/mol. The highest BCUT2D eigenvalue weighted by Gasteiger charge is 2.46. The highest BCUT2D eigenvalue weighted by atomic mass is 16.5. The zero-order valence-electron chi connectivity index (χ0n) is 23.8. The molecule has 41 heavy (non-hydrogen) atoms. The smallest absolute Gasteiger partial charge is 0.295 e. The average molecular weight is 547 g/mol. The number of carbonyl (C=O) groups is 2. The van der Waals surface area contributed by atoms with E-state index in [0.717, 1.165) is 27.8 Å². The van der Waals surface area contributed by atoms with E-state index in [9.17, 15) is 14.7 Å². The van der Waals surface area contributed by atoms with Gasteiger partial charge in [0.2, 0.25) is 0 Å². The van der Waals surface area contributed by atoms with Crippen molar-refractivity contribution in [2.45, 2.75) is 52.3 Å². The van der Waals surface area contributed by atoms with Crippen LogP contribution in [0.1, 0.15) is 60.2 Å². The van der Waals surface area contributed by atoms with Crippen molar-refractivity contribution in [1.29, 1.82) is 0 Å². The van der Waals surface area contributed by atoms with Crippen molar-refractivity contribution in [3.8, 4) is 5.75 Å². The first-order valence-corrected chi connectivity index (χ1v) is 13.7. The van der Waals surface area contributed by atoms with Crippen LogP contribution in [0.25, 0.3) is 5.76 Å². The molecule has 0 bridgehead atoms. The molecule has 2 heterocycles. The molecule has 6 nitrogen and oxygen atoms in total. The maximum atomic E-state index is 13.4. The van der Waals surface area contributed by atoms with Gasteiger partial charge >= 0.3 is 0 Å². The number of rotatable bonds is 7. The predicted octanol–water partition coefficient (Wildman–Crippen LogP) is 6.89. The molecule has 3 aromatic carbocycles. The number of benzene rings is 3. The van der Waals surface area contributed by atoms with Crippen molar-refractivity contribution in [3.05, 3.63) is 136 Å². The molecule has 0 spiro atoms. The number of aliphatic hydroxyl groups is 1. The highest BCUT2D eigenvalue weighted by Crippen LogP contribution is 2.41. The van der Waals surface area contributed by atoms with Crippen molar-refractivity contribution < 1.29 is 19.4 Å². The van der Waals surface area contributed by atoms with Crippen LogP contribution in [-0.2, 0) is 28.2 Å². The van der Waals surface area contributed by atoms with E-state index in [2.05, 4.69) is 31.8 Å². The van der Waals surface area contributed by atoms with Gasteiger partial charge in [-0.2, -0.15) is 0 Å². The summed E-state index contributed by atoms with van der Waals surface area (Å²) in [6.45, 7) is 9.03. The first-order valence-electron chi connectivity index (χ1n) is 13.7. The molecule has 6 heteroatoms. The minimum atomic E-state index is -0.749. The van der Waals surface area contributed by atoms with E-state index in [4.69, 9.17) is 4.74 Å². The Kier molecular flexibility index (Phi) is 7.75. The van der Waals surface area contributed by atoms with Crippen LogP contribution in [-0.4, -0.2) is 26.7 Å². The predicted molar refractivity (Wildman–Crippen MR) is 159 cm³/mol. The fourth-order valence-electron chi connectivity index (χ4n) is 5.08. The molecule has 1 saturated heterocycles. The van der Waals surface area contributed by atoms with Gasteiger partial charge in [0, 0.05) is 24.5 Å². The summed E-state index contributed by atoms with van der Waals surface area (Å²) in [5.41, 5.74) is 5.34. The average Bonchev–Trinajstić information content (AvgIpc) is 3.21. The third-order valence-electron chi connectivity index (χ3n) is 7.32. The quantitative estimate of drug-likeness (QED) is 0.155. The van der Waals surface area contributed by atoms with Crippen molar-refractivity contribution in [2.75, 3.05) is 0 Å². The molecule has 1 amide bonds. The van der Waals surface area contributed by atoms with Gasteiger partial charge in [0.05, 0.1) is 11.6 Å². The van der Waals surface area contributed by atoms with Crippen LogP contribution >= 0.6 is 0 Å². The van der Waals surface area contributed by atoms with Gasteiger partial charge in [0.1, 0.15) is 18.1 Å². The van der Waals surface area contributed by atoms with E-state index in [1.165, 1.54) is 4.90 Å². The molecule has 1 aromatic heterocycles. The molecule has 1 aliphatic rings. The molecule has 1 N–H and O–H groups in total. The summed E-state index contributed by atoms with van der Waals surface area (Å²) in [5, 5.41) is 11.5. The van der Waals surface area contributed by atoms with E-state index in [0.29, 0.717) is 17.9 Å². The number of aliphatic hydroxyl groups excluding tert-OH is 1. The molecule has 1 fully saturated rings. The van der Waals surface area contributed by atoms with Crippen molar-refractivity contribution >= 4 is 17.4 Å². The van der Waals surface area contributed by atoms with Gasteiger partial charge in [-0.15, -0.1) is 0 Å². The molecule has 208 valence electrons. The largest absolute Gasteiger partial charge is 0.507 e. The second-order valence-electron chi connectivity index (χ2n) is 11.5. The number of ketones is 1. The first-order chi connectivity index (χ1) is 19.6. The van der Waals surface area contributed by atoms with Crippen LogP contribution < -0.4 is 4.74 Å². The van der Waals surface area contributed by atoms with Crippen molar-refractivity contribution in [1.82, 2.24) is 9.88 Å². The van der Waals surface area contributed by atoms with Gasteiger partial charge in [0.25, 0.3) is 11.7 Å². The maximum Gasteiger partial charge on any atom is 0.295 e. The summed E-state index contributed by atoms with van der Waals surface area (Å²) in [6.07, 6.45) is 3.34. The number of amides is 1. The maximum absolute atomic E-state index is 13.4. The van der Waals surface area contributed by atoms with E-state index in [1.54, 1.807) is 42.7 Å². The number of hydrogen-bond acceptors (Lipinski definition) is 5. The molecule has 5 rings (SSSR count). The topological polar surface area (TPSA) is 79.7 Å². The Morgan fingerprint density at radius 2 is 1.63 bits per heavy atom. The standard InChI is InChI=1S/C35H34N2O4/c1-23-7-5-8-24(19-23)22-41-29-16-12-27(13-17-29)32(38)30-31(26-10-14-28(15-11-26)35(2,3)4)37(34(40)33(30)39)21-25-9-6-18-36-20-25/h5-20,31,38H,21-22H2,1-4H3. The van der Waals surface area contributed by atoms with Gasteiger partial charge in [-0.3, -0.25) is 14.6 Å². The normalized spacial score (nSPS) is 16.7. The number of ether oxygens (including phenoxy) is 1. The second kappa shape index (κ2) is 11.4. The number of hydrogen-bond donors (Lipinski definition) is 1. The molecule has 0 radical (unpaired) electrons.